The number of hydrogen-bond acceptors (Lipinski definition) is 4. The summed E-state index contributed by atoms with van der Waals surface area (Å²) in [5.74, 6) is 1.11. The van der Waals surface area contributed by atoms with Gasteiger partial charge in [0.25, 0.3) is 0 Å². The third kappa shape index (κ3) is 5.86. The van der Waals surface area contributed by atoms with Gasteiger partial charge in [0.2, 0.25) is 5.91 Å². The van der Waals surface area contributed by atoms with E-state index in [1.807, 2.05) is 25.7 Å². The first kappa shape index (κ1) is 20.5. The minimum absolute atomic E-state index is 0.0878. The highest BCUT2D eigenvalue weighted by atomic mass is 16.6. The fourth-order valence-corrected chi connectivity index (χ4v) is 3.63. The standard InChI is InChI=1S/C21H31N3O4/c1-21(2,3)28-20(26)22-8-6-19(25)24-11-9-23(10-12-24)15-16-4-5-18-17(14-16)7-13-27-18/h4-5,14H,6-13,15H2,1-3H3,(H,22,26)/p+1. The fraction of sp³-hybridized carbons (Fsp3) is 0.619. The van der Waals surface area contributed by atoms with Gasteiger partial charge in [-0.1, -0.05) is 0 Å². The van der Waals surface area contributed by atoms with Crippen molar-refractivity contribution >= 4 is 12.0 Å². The molecule has 0 aliphatic carbocycles. The Hall–Kier alpha value is -2.28. The molecule has 1 saturated heterocycles. The molecule has 2 N–H and O–H groups in total. The van der Waals surface area contributed by atoms with Crippen LogP contribution < -0.4 is 15.0 Å². The summed E-state index contributed by atoms with van der Waals surface area (Å²) >= 11 is 0. The number of rotatable bonds is 5. The molecule has 7 heteroatoms. The van der Waals surface area contributed by atoms with Crippen LogP contribution in [0.1, 0.15) is 38.3 Å². The topological polar surface area (TPSA) is 72.3 Å². The number of amides is 2. The first-order chi connectivity index (χ1) is 13.3. The Bertz CT molecular complexity index is 706. The van der Waals surface area contributed by atoms with Crippen molar-refractivity contribution in [2.24, 2.45) is 0 Å². The number of benzene rings is 1. The fourth-order valence-electron chi connectivity index (χ4n) is 3.63. The van der Waals surface area contributed by atoms with Crippen molar-refractivity contribution in [1.29, 1.82) is 0 Å². The van der Waals surface area contributed by atoms with Crippen molar-refractivity contribution in [2.75, 3.05) is 39.3 Å². The maximum atomic E-state index is 12.4. The van der Waals surface area contributed by atoms with Crippen LogP contribution >= 0.6 is 0 Å². The van der Waals surface area contributed by atoms with Crippen LogP contribution in [-0.2, 0) is 22.5 Å². The van der Waals surface area contributed by atoms with Gasteiger partial charge in [0, 0.05) is 24.9 Å². The Morgan fingerprint density at radius 1 is 1.25 bits per heavy atom. The van der Waals surface area contributed by atoms with Crippen molar-refractivity contribution < 1.29 is 24.0 Å². The smallest absolute Gasteiger partial charge is 0.407 e. The van der Waals surface area contributed by atoms with E-state index in [9.17, 15) is 9.59 Å². The van der Waals surface area contributed by atoms with Crippen molar-refractivity contribution in [1.82, 2.24) is 10.2 Å². The van der Waals surface area contributed by atoms with Gasteiger partial charge in [-0.25, -0.2) is 4.79 Å². The van der Waals surface area contributed by atoms with Gasteiger partial charge in [-0.3, -0.25) is 4.79 Å². The lowest BCUT2D eigenvalue weighted by Crippen LogP contribution is -3.13. The predicted molar refractivity (Wildman–Crippen MR) is 105 cm³/mol. The molecule has 0 spiro atoms. The number of piperazine rings is 1. The lowest BCUT2D eigenvalue weighted by Gasteiger charge is -2.32. The van der Waals surface area contributed by atoms with Crippen LogP contribution in [0.15, 0.2) is 18.2 Å². The largest absolute Gasteiger partial charge is 0.493 e. The van der Waals surface area contributed by atoms with Gasteiger partial charge in [0.1, 0.15) is 17.9 Å². The molecule has 28 heavy (non-hydrogen) atoms. The Morgan fingerprint density at radius 3 is 2.71 bits per heavy atom. The van der Waals surface area contributed by atoms with Gasteiger partial charge in [0.05, 0.1) is 32.8 Å². The second-order valence-corrected chi connectivity index (χ2v) is 8.53. The molecule has 2 amide bonds. The van der Waals surface area contributed by atoms with Gasteiger partial charge in [0.15, 0.2) is 0 Å². The third-order valence-electron chi connectivity index (χ3n) is 5.04. The maximum absolute atomic E-state index is 12.4. The second-order valence-electron chi connectivity index (χ2n) is 8.53. The van der Waals surface area contributed by atoms with Crippen molar-refractivity contribution in [3.05, 3.63) is 29.3 Å². The van der Waals surface area contributed by atoms with Gasteiger partial charge >= 0.3 is 6.09 Å². The number of carbonyl (C=O) groups excluding carboxylic acids is 2. The number of ether oxygens (including phenoxy) is 2. The molecule has 154 valence electrons. The molecular formula is C21H32N3O4+. The summed E-state index contributed by atoms with van der Waals surface area (Å²) in [7, 11) is 0. The first-order valence-electron chi connectivity index (χ1n) is 10.1. The maximum Gasteiger partial charge on any atom is 0.407 e. The van der Waals surface area contributed by atoms with Gasteiger partial charge in [-0.2, -0.15) is 0 Å². The summed E-state index contributed by atoms with van der Waals surface area (Å²) in [5, 5.41) is 2.65. The van der Waals surface area contributed by atoms with Gasteiger partial charge in [-0.15, -0.1) is 0 Å². The van der Waals surface area contributed by atoms with Crippen LogP contribution in [0.5, 0.6) is 5.75 Å². The van der Waals surface area contributed by atoms with E-state index in [0.717, 1.165) is 51.5 Å². The van der Waals surface area contributed by atoms with E-state index in [4.69, 9.17) is 9.47 Å². The molecule has 2 aliphatic rings. The zero-order valence-corrected chi connectivity index (χ0v) is 17.2. The molecule has 0 aromatic heterocycles. The Labute approximate surface area is 167 Å². The summed E-state index contributed by atoms with van der Waals surface area (Å²) in [4.78, 5) is 27.4. The lowest BCUT2D eigenvalue weighted by molar-refractivity contribution is -0.917. The molecule has 1 aromatic carbocycles. The number of carbonyl (C=O) groups is 2. The van der Waals surface area contributed by atoms with Crippen LogP contribution in [-0.4, -0.2) is 61.8 Å². The van der Waals surface area contributed by atoms with Crippen LogP contribution in [0.2, 0.25) is 0 Å². The van der Waals surface area contributed by atoms with E-state index in [0.29, 0.717) is 13.0 Å². The summed E-state index contributed by atoms with van der Waals surface area (Å²) in [6.45, 7) is 10.9. The summed E-state index contributed by atoms with van der Waals surface area (Å²) in [6, 6.07) is 6.49. The zero-order chi connectivity index (χ0) is 20.1. The van der Waals surface area contributed by atoms with E-state index >= 15 is 0 Å². The van der Waals surface area contributed by atoms with Crippen LogP contribution in [0, 0.1) is 0 Å². The predicted octanol–water partition coefficient (Wildman–Crippen LogP) is 0.763. The van der Waals surface area contributed by atoms with E-state index in [1.54, 1.807) is 0 Å². The highest BCUT2D eigenvalue weighted by Crippen LogP contribution is 2.25. The molecule has 0 unspecified atom stereocenters. The Balaban J connectivity index is 1.36. The minimum atomic E-state index is -0.529. The van der Waals surface area contributed by atoms with E-state index < -0.39 is 11.7 Å². The van der Waals surface area contributed by atoms with Gasteiger partial charge in [-0.05, 0) is 44.5 Å². The molecule has 0 radical (unpaired) electrons. The first-order valence-corrected chi connectivity index (χ1v) is 10.1. The summed E-state index contributed by atoms with van der Waals surface area (Å²) in [6.07, 6.45) is 0.826. The minimum Gasteiger partial charge on any atom is -0.493 e. The third-order valence-corrected chi connectivity index (χ3v) is 5.04. The Kier molecular flexibility index (Phi) is 6.44. The summed E-state index contributed by atoms with van der Waals surface area (Å²) in [5.41, 5.74) is 2.11. The number of nitrogens with zero attached hydrogens (tertiary/aromatic N) is 1. The van der Waals surface area contributed by atoms with Crippen LogP contribution in [0.25, 0.3) is 0 Å². The molecule has 0 atom stereocenters. The number of nitrogens with one attached hydrogen (secondary N) is 2. The van der Waals surface area contributed by atoms with E-state index in [1.165, 1.54) is 16.0 Å². The number of quaternary nitrogens is 1. The molecule has 7 nitrogen and oxygen atoms in total. The number of hydrogen-bond donors (Lipinski definition) is 2. The quantitative estimate of drug-likeness (QED) is 0.779. The molecule has 0 bridgehead atoms. The van der Waals surface area contributed by atoms with Crippen molar-refractivity contribution in [3.8, 4) is 5.75 Å². The van der Waals surface area contributed by atoms with E-state index in [-0.39, 0.29) is 5.91 Å². The average Bonchev–Trinajstić information content (AvgIpc) is 3.08. The normalized spacial score (nSPS) is 17.0. The SMILES string of the molecule is CC(C)(C)OC(=O)NCCC(=O)N1CC[NH+](Cc2ccc3c(c2)CCO3)CC1. The molecule has 2 heterocycles. The average molecular weight is 391 g/mol. The zero-order valence-electron chi connectivity index (χ0n) is 17.2. The number of alkyl carbamates (subject to hydrolysis) is 1. The summed E-state index contributed by atoms with van der Waals surface area (Å²) < 4.78 is 10.7. The van der Waals surface area contributed by atoms with Crippen molar-refractivity contribution in [3.63, 3.8) is 0 Å². The Morgan fingerprint density at radius 2 is 2.00 bits per heavy atom. The molecule has 1 fully saturated rings. The van der Waals surface area contributed by atoms with Crippen LogP contribution in [0.3, 0.4) is 0 Å². The molecule has 1 aromatic rings. The molecule has 3 rings (SSSR count). The highest BCUT2D eigenvalue weighted by molar-refractivity contribution is 5.77. The number of fused-ring (bicyclic) bond motifs is 1. The van der Waals surface area contributed by atoms with Gasteiger partial charge < -0.3 is 24.6 Å². The monoisotopic (exact) mass is 390 g/mol. The van der Waals surface area contributed by atoms with Crippen LogP contribution in [0.4, 0.5) is 4.79 Å². The molecular weight excluding hydrogens is 358 g/mol. The van der Waals surface area contributed by atoms with Crippen molar-refractivity contribution in [2.45, 2.75) is 45.8 Å². The molecule has 0 saturated carbocycles. The highest BCUT2D eigenvalue weighted by Gasteiger charge is 2.24. The second kappa shape index (κ2) is 8.82. The molecule has 2 aliphatic heterocycles. The van der Waals surface area contributed by atoms with E-state index in [2.05, 4.69) is 23.5 Å². The lowest BCUT2D eigenvalue weighted by atomic mass is 10.1.